The summed E-state index contributed by atoms with van der Waals surface area (Å²) < 4.78 is 0.614. The van der Waals surface area contributed by atoms with E-state index in [1.807, 2.05) is 18.2 Å². The summed E-state index contributed by atoms with van der Waals surface area (Å²) in [5, 5.41) is 1.06. The molecule has 0 saturated heterocycles. The van der Waals surface area contributed by atoms with Gasteiger partial charge in [-0.2, -0.15) is 0 Å². The highest BCUT2D eigenvalue weighted by molar-refractivity contribution is 9.10. The molecule has 5 rings (SSSR count). The number of allylic oxidation sites excluding steroid dienone is 1. The molecule has 0 spiro atoms. The lowest BCUT2D eigenvalue weighted by molar-refractivity contribution is 0.768. The molecule has 1 unspecified atom stereocenters. The molecular weight excluding hydrogens is 408 g/mol. The highest BCUT2D eigenvalue weighted by Crippen LogP contribution is 2.38. The second kappa shape index (κ2) is 6.99. The van der Waals surface area contributed by atoms with E-state index >= 15 is 0 Å². The van der Waals surface area contributed by atoms with Crippen LogP contribution in [0.2, 0.25) is 0 Å². The van der Waals surface area contributed by atoms with Crippen LogP contribution in [0, 0.1) is 0 Å². The summed E-state index contributed by atoms with van der Waals surface area (Å²) in [6.45, 7) is 2.30. The Labute approximate surface area is 173 Å². The van der Waals surface area contributed by atoms with Crippen LogP contribution in [0.25, 0.3) is 27.7 Å². The quantitative estimate of drug-likeness (QED) is 0.322. The normalized spacial score (nSPS) is 15.9. The number of halogens is 1. The van der Waals surface area contributed by atoms with E-state index in [1.54, 1.807) is 0 Å². The first-order chi connectivity index (χ1) is 13.7. The third-order valence-electron chi connectivity index (χ3n) is 5.50. The molecule has 4 aromatic rings. The molecule has 1 aliphatic carbocycles. The molecule has 3 heteroatoms. The van der Waals surface area contributed by atoms with E-state index in [1.165, 1.54) is 22.3 Å². The molecule has 0 radical (unpaired) electrons. The van der Waals surface area contributed by atoms with Crippen molar-refractivity contribution in [3.05, 3.63) is 100 Å². The molecule has 0 bridgehead atoms. The van der Waals surface area contributed by atoms with Gasteiger partial charge in [0.05, 0.1) is 11.2 Å². The molecule has 0 amide bonds. The lowest BCUT2D eigenvalue weighted by Gasteiger charge is -2.23. The Morgan fingerprint density at radius 2 is 1.54 bits per heavy atom. The molecule has 0 fully saturated rings. The smallest absolute Gasteiger partial charge is 0.197 e. The van der Waals surface area contributed by atoms with Crippen LogP contribution in [-0.2, 0) is 0 Å². The minimum Gasteiger partial charge on any atom is -0.222 e. The SMILES string of the molecule is CC1CC=C(c2ccc(-c3nc(Br)nc4ccccc34)cc2)c2ccccc21. The maximum atomic E-state index is 4.65. The minimum atomic E-state index is 0.573. The van der Waals surface area contributed by atoms with E-state index < -0.39 is 0 Å². The van der Waals surface area contributed by atoms with Crippen molar-refractivity contribution in [2.24, 2.45) is 0 Å². The van der Waals surface area contributed by atoms with E-state index in [2.05, 4.69) is 93.5 Å². The Hall–Kier alpha value is -2.78. The number of nitrogens with zero attached hydrogens (tertiary/aromatic N) is 2. The third-order valence-corrected chi connectivity index (χ3v) is 5.86. The second-order valence-electron chi connectivity index (χ2n) is 7.28. The summed E-state index contributed by atoms with van der Waals surface area (Å²) in [6.07, 6.45) is 3.45. The molecule has 3 aromatic carbocycles. The lowest BCUT2D eigenvalue weighted by Crippen LogP contribution is -2.04. The van der Waals surface area contributed by atoms with E-state index in [0.717, 1.165) is 28.6 Å². The topological polar surface area (TPSA) is 25.8 Å². The number of fused-ring (bicyclic) bond motifs is 2. The number of benzene rings is 3. The standard InChI is InChI=1S/C25H19BrN2/c1-16-10-15-20(21-7-3-2-6-19(16)21)17-11-13-18(14-12-17)24-22-8-4-5-9-23(22)27-25(26)28-24/h2-9,11-16H,10H2,1H3. The van der Waals surface area contributed by atoms with Crippen molar-refractivity contribution < 1.29 is 0 Å². The Morgan fingerprint density at radius 1 is 0.821 bits per heavy atom. The van der Waals surface area contributed by atoms with Crippen LogP contribution in [0.4, 0.5) is 0 Å². The largest absolute Gasteiger partial charge is 0.222 e. The molecule has 1 heterocycles. The maximum Gasteiger partial charge on any atom is 0.197 e. The van der Waals surface area contributed by atoms with Gasteiger partial charge in [0.2, 0.25) is 0 Å². The van der Waals surface area contributed by atoms with Gasteiger partial charge in [-0.05, 0) is 56.6 Å². The number of para-hydroxylation sites is 1. The average Bonchev–Trinajstić information content (AvgIpc) is 2.74. The Balaban J connectivity index is 1.58. The van der Waals surface area contributed by atoms with Crippen LogP contribution >= 0.6 is 15.9 Å². The van der Waals surface area contributed by atoms with Gasteiger partial charge in [0.25, 0.3) is 0 Å². The van der Waals surface area contributed by atoms with Crippen LogP contribution in [0.3, 0.4) is 0 Å². The van der Waals surface area contributed by atoms with E-state index in [9.17, 15) is 0 Å². The van der Waals surface area contributed by atoms with Gasteiger partial charge in [0, 0.05) is 10.9 Å². The Morgan fingerprint density at radius 3 is 2.39 bits per heavy atom. The van der Waals surface area contributed by atoms with Crippen molar-refractivity contribution in [3.8, 4) is 11.3 Å². The number of hydrogen-bond donors (Lipinski definition) is 0. The molecule has 1 aromatic heterocycles. The van der Waals surface area contributed by atoms with Crippen molar-refractivity contribution in [1.29, 1.82) is 0 Å². The minimum absolute atomic E-state index is 0.573. The molecule has 0 saturated carbocycles. The first-order valence-corrected chi connectivity index (χ1v) is 10.3. The Bertz CT molecular complexity index is 1210. The highest BCUT2D eigenvalue weighted by atomic mass is 79.9. The van der Waals surface area contributed by atoms with Gasteiger partial charge in [-0.15, -0.1) is 0 Å². The predicted molar refractivity (Wildman–Crippen MR) is 119 cm³/mol. The van der Waals surface area contributed by atoms with Gasteiger partial charge >= 0.3 is 0 Å². The summed E-state index contributed by atoms with van der Waals surface area (Å²) in [5.41, 5.74) is 8.37. The van der Waals surface area contributed by atoms with Gasteiger partial charge in [-0.1, -0.05) is 79.7 Å². The lowest BCUT2D eigenvalue weighted by atomic mass is 9.81. The van der Waals surface area contributed by atoms with Crippen molar-refractivity contribution in [1.82, 2.24) is 9.97 Å². The van der Waals surface area contributed by atoms with Crippen LogP contribution < -0.4 is 0 Å². The first kappa shape index (κ1) is 17.3. The van der Waals surface area contributed by atoms with E-state index in [0.29, 0.717) is 10.7 Å². The van der Waals surface area contributed by atoms with E-state index in [-0.39, 0.29) is 0 Å². The molecule has 1 atom stereocenters. The van der Waals surface area contributed by atoms with E-state index in [4.69, 9.17) is 0 Å². The summed E-state index contributed by atoms with van der Waals surface area (Å²) >= 11 is 3.45. The fourth-order valence-corrected chi connectivity index (χ4v) is 4.42. The number of rotatable bonds is 2. The fraction of sp³-hybridized carbons (Fsp3) is 0.120. The molecule has 1 aliphatic rings. The number of aromatic nitrogens is 2. The monoisotopic (exact) mass is 426 g/mol. The van der Waals surface area contributed by atoms with Gasteiger partial charge in [0.1, 0.15) is 0 Å². The van der Waals surface area contributed by atoms with Gasteiger partial charge < -0.3 is 0 Å². The fourth-order valence-electron chi connectivity index (χ4n) is 4.05. The van der Waals surface area contributed by atoms with Crippen molar-refractivity contribution in [3.63, 3.8) is 0 Å². The molecule has 0 aliphatic heterocycles. The molecule has 2 nitrogen and oxygen atoms in total. The average molecular weight is 427 g/mol. The van der Waals surface area contributed by atoms with Crippen LogP contribution in [-0.4, -0.2) is 9.97 Å². The van der Waals surface area contributed by atoms with Crippen molar-refractivity contribution >= 4 is 32.4 Å². The summed E-state index contributed by atoms with van der Waals surface area (Å²) in [6, 6.07) is 25.6. The first-order valence-electron chi connectivity index (χ1n) is 9.53. The van der Waals surface area contributed by atoms with Crippen LogP contribution in [0.5, 0.6) is 0 Å². The van der Waals surface area contributed by atoms with Crippen molar-refractivity contribution in [2.45, 2.75) is 19.3 Å². The molecule has 136 valence electrons. The third kappa shape index (κ3) is 2.96. The zero-order chi connectivity index (χ0) is 19.1. The summed E-state index contributed by atoms with van der Waals surface area (Å²) in [7, 11) is 0. The van der Waals surface area contributed by atoms with Gasteiger partial charge in [0.15, 0.2) is 4.73 Å². The zero-order valence-electron chi connectivity index (χ0n) is 15.6. The van der Waals surface area contributed by atoms with Crippen LogP contribution in [0.1, 0.15) is 36.0 Å². The zero-order valence-corrected chi connectivity index (χ0v) is 17.1. The second-order valence-corrected chi connectivity index (χ2v) is 7.99. The van der Waals surface area contributed by atoms with Gasteiger partial charge in [-0.25, -0.2) is 9.97 Å². The molecular formula is C25H19BrN2. The number of hydrogen-bond acceptors (Lipinski definition) is 2. The maximum absolute atomic E-state index is 4.65. The summed E-state index contributed by atoms with van der Waals surface area (Å²) in [4.78, 5) is 9.13. The molecule has 28 heavy (non-hydrogen) atoms. The van der Waals surface area contributed by atoms with Gasteiger partial charge in [-0.3, -0.25) is 0 Å². The Kier molecular flexibility index (Phi) is 4.33. The molecule has 0 N–H and O–H groups in total. The highest BCUT2D eigenvalue weighted by Gasteiger charge is 2.19. The predicted octanol–water partition coefficient (Wildman–Crippen LogP) is 7.00. The van der Waals surface area contributed by atoms with Crippen molar-refractivity contribution in [2.75, 3.05) is 0 Å². The summed E-state index contributed by atoms with van der Waals surface area (Å²) in [5.74, 6) is 0.573. The van der Waals surface area contributed by atoms with Crippen LogP contribution in [0.15, 0.2) is 83.6 Å².